The lowest BCUT2D eigenvalue weighted by molar-refractivity contribution is 0.699. The smallest absolute Gasteiger partial charge is 0.0305 e. The molecule has 0 radical (unpaired) electrons. The molecule has 0 saturated heterocycles. The van der Waals surface area contributed by atoms with E-state index in [1.54, 1.807) is 0 Å². The molecule has 84 valence electrons. The SMILES string of the molecule is CSCCC(N)c1cc(C)c(C)cc1C. The number of hydrogen-bond acceptors (Lipinski definition) is 2. The van der Waals surface area contributed by atoms with Gasteiger partial charge in [-0.1, -0.05) is 12.1 Å². The predicted octanol–water partition coefficient (Wildman–Crippen LogP) is 3.36. The van der Waals surface area contributed by atoms with Gasteiger partial charge in [-0.25, -0.2) is 0 Å². The third kappa shape index (κ3) is 3.25. The third-order valence-corrected chi connectivity index (χ3v) is 3.56. The first-order valence-corrected chi connectivity index (χ1v) is 6.78. The Kier molecular flexibility index (Phi) is 4.68. The highest BCUT2D eigenvalue weighted by Gasteiger charge is 2.09. The average molecular weight is 223 g/mol. The summed E-state index contributed by atoms with van der Waals surface area (Å²) in [6.07, 6.45) is 3.18. The fraction of sp³-hybridized carbons (Fsp3) is 0.538. The largest absolute Gasteiger partial charge is 0.324 e. The topological polar surface area (TPSA) is 26.0 Å². The standard InChI is InChI=1S/C13H21NS/c1-9-7-11(3)12(8-10(9)2)13(14)5-6-15-4/h7-8,13H,5-6,14H2,1-4H3. The highest BCUT2D eigenvalue weighted by molar-refractivity contribution is 7.98. The monoisotopic (exact) mass is 223 g/mol. The van der Waals surface area contributed by atoms with Gasteiger partial charge in [-0.05, 0) is 61.5 Å². The molecule has 0 saturated carbocycles. The van der Waals surface area contributed by atoms with Crippen LogP contribution < -0.4 is 5.73 Å². The summed E-state index contributed by atoms with van der Waals surface area (Å²) in [5.41, 5.74) is 11.5. The Morgan fingerprint density at radius 2 is 1.73 bits per heavy atom. The Hall–Kier alpha value is -0.470. The van der Waals surface area contributed by atoms with Gasteiger partial charge in [-0.15, -0.1) is 0 Å². The van der Waals surface area contributed by atoms with Crippen LogP contribution in [-0.4, -0.2) is 12.0 Å². The molecule has 1 unspecified atom stereocenters. The van der Waals surface area contributed by atoms with Crippen molar-refractivity contribution >= 4 is 11.8 Å². The van der Waals surface area contributed by atoms with Gasteiger partial charge >= 0.3 is 0 Å². The molecule has 0 bridgehead atoms. The van der Waals surface area contributed by atoms with Gasteiger partial charge in [0.2, 0.25) is 0 Å². The maximum absolute atomic E-state index is 6.19. The van der Waals surface area contributed by atoms with Crippen LogP contribution in [-0.2, 0) is 0 Å². The van der Waals surface area contributed by atoms with Crippen molar-refractivity contribution in [2.24, 2.45) is 5.73 Å². The number of hydrogen-bond donors (Lipinski definition) is 1. The molecular formula is C13H21NS. The first-order chi connectivity index (χ1) is 7.06. The van der Waals surface area contributed by atoms with Crippen LogP contribution in [0.5, 0.6) is 0 Å². The highest BCUT2D eigenvalue weighted by atomic mass is 32.2. The summed E-state index contributed by atoms with van der Waals surface area (Å²) >= 11 is 1.86. The van der Waals surface area contributed by atoms with Gasteiger partial charge < -0.3 is 5.73 Å². The van der Waals surface area contributed by atoms with Crippen LogP contribution in [0.15, 0.2) is 12.1 Å². The van der Waals surface area contributed by atoms with Gasteiger partial charge in [0.05, 0.1) is 0 Å². The first-order valence-electron chi connectivity index (χ1n) is 5.38. The third-order valence-electron chi connectivity index (χ3n) is 2.91. The van der Waals surface area contributed by atoms with Crippen LogP contribution in [0.1, 0.15) is 34.7 Å². The van der Waals surface area contributed by atoms with Crippen LogP contribution in [0.4, 0.5) is 0 Å². The predicted molar refractivity (Wildman–Crippen MR) is 70.6 cm³/mol. The minimum atomic E-state index is 0.191. The Bertz CT molecular complexity index is 334. The molecular weight excluding hydrogens is 202 g/mol. The molecule has 0 spiro atoms. The Morgan fingerprint density at radius 1 is 1.13 bits per heavy atom. The summed E-state index contributed by atoms with van der Waals surface area (Å²) in [4.78, 5) is 0. The molecule has 0 heterocycles. The number of benzene rings is 1. The lowest BCUT2D eigenvalue weighted by Gasteiger charge is -2.16. The fourth-order valence-corrected chi connectivity index (χ4v) is 2.27. The second-order valence-corrected chi connectivity index (χ2v) is 5.17. The van der Waals surface area contributed by atoms with Crippen molar-refractivity contribution in [3.63, 3.8) is 0 Å². The van der Waals surface area contributed by atoms with Gasteiger partial charge in [0.1, 0.15) is 0 Å². The van der Waals surface area contributed by atoms with Crippen LogP contribution in [0.25, 0.3) is 0 Å². The highest BCUT2D eigenvalue weighted by Crippen LogP contribution is 2.23. The zero-order valence-electron chi connectivity index (χ0n) is 10.1. The second-order valence-electron chi connectivity index (χ2n) is 4.18. The summed E-state index contributed by atoms with van der Waals surface area (Å²) in [7, 11) is 0. The molecule has 1 aromatic rings. The molecule has 1 atom stereocenters. The minimum Gasteiger partial charge on any atom is -0.324 e. The number of thioether (sulfide) groups is 1. The summed E-state index contributed by atoms with van der Waals surface area (Å²) < 4.78 is 0. The Morgan fingerprint density at radius 3 is 2.33 bits per heavy atom. The van der Waals surface area contributed by atoms with Crippen molar-refractivity contribution in [3.8, 4) is 0 Å². The molecule has 0 aliphatic rings. The lowest BCUT2D eigenvalue weighted by atomic mass is 9.95. The fourth-order valence-electron chi connectivity index (χ4n) is 1.78. The molecule has 0 aliphatic heterocycles. The zero-order valence-corrected chi connectivity index (χ0v) is 10.9. The molecule has 0 aromatic heterocycles. The summed E-state index contributed by atoms with van der Waals surface area (Å²) in [5.74, 6) is 1.13. The normalized spacial score (nSPS) is 12.9. The second kappa shape index (κ2) is 5.57. The van der Waals surface area contributed by atoms with Crippen LogP contribution in [0.3, 0.4) is 0 Å². The maximum atomic E-state index is 6.19. The quantitative estimate of drug-likeness (QED) is 0.847. The molecule has 1 aromatic carbocycles. The van der Waals surface area contributed by atoms with Gasteiger partial charge in [0.15, 0.2) is 0 Å². The van der Waals surface area contributed by atoms with Crippen LogP contribution in [0, 0.1) is 20.8 Å². The van der Waals surface area contributed by atoms with Crippen molar-refractivity contribution in [1.82, 2.24) is 0 Å². The molecule has 0 fully saturated rings. The van der Waals surface area contributed by atoms with E-state index in [1.165, 1.54) is 22.3 Å². The zero-order chi connectivity index (χ0) is 11.4. The van der Waals surface area contributed by atoms with Crippen LogP contribution >= 0.6 is 11.8 Å². The molecule has 1 rings (SSSR count). The average Bonchev–Trinajstić information content (AvgIpc) is 2.20. The van der Waals surface area contributed by atoms with Gasteiger partial charge in [0, 0.05) is 6.04 Å². The van der Waals surface area contributed by atoms with Crippen molar-refractivity contribution < 1.29 is 0 Å². The van der Waals surface area contributed by atoms with Gasteiger partial charge in [0.25, 0.3) is 0 Å². The molecule has 2 heteroatoms. The Labute approximate surface area is 97.4 Å². The lowest BCUT2D eigenvalue weighted by Crippen LogP contribution is -2.13. The minimum absolute atomic E-state index is 0.191. The van der Waals surface area contributed by atoms with E-state index in [4.69, 9.17) is 5.73 Å². The van der Waals surface area contributed by atoms with Crippen molar-refractivity contribution in [3.05, 3.63) is 34.4 Å². The van der Waals surface area contributed by atoms with E-state index in [2.05, 4.69) is 39.2 Å². The van der Waals surface area contributed by atoms with E-state index in [9.17, 15) is 0 Å². The van der Waals surface area contributed by atoms with Gasteiger partial charge in [-0.2, -0.15) is 11.8 Å². The number of nitrogens with two attached hydrogens (primary N) is 1. The van der Waals surface area contributed by atoms with Crippen molar-refractivity contribution in [2.75, 3.05) is 12.0 Å². The number of aryl methyl sites for hydroxylation is 3. The van der Waals surface area contributed by atoms with E-state index in [0.717, 1.165) is 12.2 Å². The van der Waals surface area contributed by atoms with Crippen molar-refractivity contribution in [1.29, 1.82) is 0 Å². The number of rotatable bonds is 4. The van der Waals surface area contributed by atoms with E-state index >= 15 is 0 Å². The molecule has 0 amide bonds. The van der Waals surface area contributed by atoms with E-state index in [0.29, 0.717) is 0 Å². The summed E-state index contributed by atoms with van der Waals surface area (Å²) in [6, 6.07) is 4.68. The molecule has 1 nitrogen and oxygen atoms in total. The van der Waals surface area contributed by atoms with Gasteiger partial charge in [-0.3, -0.25) is 0 Å². The van der Waals surface area contributed by atoms with E-state index in [-0.39, 0.29) is 6.04 Å². The van der Waals surface area contributed by atoms with Crippen molar-refractivity contribution in [2.45, 2.75) is 33.2 Å². The van der Waals surface area contributed by atoms with E-state index < -0.39 is 0 Å². The first kappa shape index (κ1) is 12.6. The molecule has 15 heavy (non-hydrogen) atoms. The molecule has 2 N–H and O–H groups in total. The maximum Gasteiger partial charge on any atom is 0.0305 e. The summed E-state index contributed by atoms with van der Waals surface area (Å²) in [5, 5.41) is 0. The van der Waals surface area contributed by atoms with Crippen LogP contribution in [0.2, 0.25) is 0 Å². The van der Waals surface area contributed by atoms with E-state index in [1.807, 2.05) is 11.8 Å². The Balaban J connectivity index is 2.88. The summed E-state index contributed by atoms with van der Waals surface area (Å²) in [6.45, 7) is 6.46. The molecule has 0 aliphatic carbocycles.